The van der Waals surface area contributed by atoms with Gasteiger partial charge >= 0.3 is 0 Å². The van der Waals surface area contributed by atoms with Crippen LogP contribution in [0, 0.1) is 0 Å². The number of phenolic OH excluding ortho intramolecular Hbond substituents is 1. The summed E-state index contributed by atoms with van der Waals surface area (Å²) in [6.07, 6.45) is 1.39. The molecule has 0 aliphatic carbocycles. The summed E-state index contributed by atoms with van der Waals surface area (Å²) in [7, 11) is 0. The van der Waals surface area contributed by atoms with Gasteiger partial charge in [-0.05, 0) is 67.1 Å². The van der Waals surface area contributed by atoms with Crippen LogP contribution in [0.15, 0.2) is 76.3 Å². The predicted molar refractivity (Wildman–Crippen MR) is 119 cm³/mol. The maximum atomic E-state index is 12.2. The van der Waals surface area contributed by atoms with Crippen LogP contribution in [0.1, 0.15) is 28.4 Å². The highest BCUT2D eigenvalue weighted by molar-refractivity contribution is 9.10. The van der Waals surface area contributed by atoms with Crippen LogP contribution in [0.2, 0.25) is 0 Å². The molecule has 0 fully saturated rings. The lowest BCUT2D eigenvalue weighted by Crippen LogP contribution is -2.17. The molecular weight excluding hydrogens is 448 g/mol. The standard InChI is InChI=1S/C23H21BrN2O4/c1-2-29-20-8-10-21(11-9-20)30-15-16-3-5-17(6-4-16)23(28)26-25-14-18-13-19(24)7-12-22(18)27/h3-14,27H,2,15H2,1H3,(H,26,28)/b25-14+. The molecule has 0 spiro atoms. The summed E-state index contributed by atoms with van der Waals surface area (Å²) in [5.41, 5.74) is 4.34. The second-order valence-electron chi connectivity index (χ2n) is 6.29. The van der Waals surface area contributed by atoms with E-state index in [0.717, 1.165) is 21.5 Å². The van der Waals surface area contributed by atoms with Crippen molar-refractivity contribution in [2.24, 2.45) is 5.10 Å². The van der Waals surface area contributed by atoms with Crippen molar-refractivity contribution in [1.29, 1.82) is 0 Å². The molecule has 30 heavy (non-hydrogen) atoms. The number of hydrogen-bond acceptors (Lipinski definition) is 5. The monoisotopic (exact) mass is 468 g/mol. The Bertz CT molecular complexity index is 1020. The summed E-state index contributed by atoms with van der Waals surface area (Å²) in [4.78, 5) is 12.2. The molecule has 0 radical (unpaired) electrons. The van der Waals surface area contributed by atoms with Gasteiger partial charge < -0.3 is 14.6 Å². The smallest absolute Gasteiger partial charge is 0.271 e. The molecule has 0 unspecified atom stereocenters. The number of carbonyl (C=O) groups is 1. The zero-order chi connectivity index (χ0) is 21.3. The van der Waals surface area contributed by atoms with Crippen molar-refractivity contribution in [3.05, 3.63) is 87.9 Å². The Kier molecular flexibility index (Phi) is 7.45. The molecule has 1 amide bonds. The first-order valence-corrected chi connectivity index (χ1v) is 10.1. The van der Waals surface area contributed by atoms with Gasteiger partial charge in [0.05, 0.1) is 12.8 Å². The van der Waals surface area contributed by atoms with Crippen molar-refractivity contribution in [2.45, 2.75) is 13.5 Å². The zero-order valence-corrected chi connectivity index (χ0v) is 17.9. The highest BCUT2D eigenvalue weighted by Gasteiger charge is 2.05. The van der Waals surface area contributed by atoms with Crippen LogP contribution in [-0.4, -0.2) is 23.8 Å². The maximum Gasteiger partial charge on any atom is 0.271 e. The highest BCUT2D eigenvalue weighted by Crippen LogP contribution is 2.20. The molecule has 2 N–H and O–H groups in total. The number of nitrogens with zero attached hydrogens (tertiary/aromatic N) is 1. The quantitative estimate of drug-likeness (QED) is 0.364. The van der Waals surface area contributed by atoms with Crippen molar-refractivity contribution in [3.8, 4) is 17.2 Å². The van der Waals surface area contributed by atoms with Crippen LogP contribution in [0.25, 0.3) is 0 Å². The van der Waals surface area contributed by atoms with Gasteiger partial charge in [-0.2, -0.15) is 5.10 Å². The van der Waals surface area contributed by atoms with Gasteiger partial charge in [0.15, 0.2) is 0 Å². The van der Waals surface area contributed by atoms with Crippen LogP contribution in [0.4, 0.5) is 0 Å². The molecule has 3 aromatic carbocycles. The van der Waals surface area contributed by atoms with Crippen molar-refractivity contribution in [1.82, 2.24) is 5.43 Å². The first kappa shape index (κ1) is 21.4. The number of rotatable bonds is 8. The molecular formula is C23H21BrN2O4. The number of hydrogen-bond donors (Lipinski definition) is 2. The third-order valence-electron chi connectivity index (χ3n) is 4.12. The molecule has 0 saturated carbocycles. The second-order valence-corrected chi connectivity index (χ2v) is 7.21. The molecule has 0 atom stereocenters. The predicted octanol–water partition coefficient (Wildman–Crippen LogP) is 4.90. The maximum absolute atomic E-state index is 12.2. The molecule has 0 heterocycles. The van der Waals surface area contributed by atoms with E-state index in [1.165, 1.54) is 6.21 Å². The van der Waals surface area contributed by atoms with Gasteiger partial charge in [0.25, 0.3) is 5.91 Å². The number of ether oxygens (including phenoxy) is 2. The van der Waals surface area contributed by atoms with Crippen molar-refractivity contribution < 1.29 is 19.4 Å². The Balaban J connectivity index is 1.52. The summed E-state index contributed by atoms with van der Waals surface area (Å²) in [6, 6.07) is 19.5. The molecule has 0 aliphatic rings. The summed E-state index contributed by atoms with van der Waals surface area (Å²) in [6.45, 7) is 2.95. The second kappa shape index (κ2) is 10.5. The van der Waals surface area contributed by atoms with Crippen molar-refractivity contribution in [3.63, 3.8) is 0 Å². The van der Waals surface area contributed by atoms with E-state index >= 15 is 0 Å². The fraction of sp³-hybridized carbons (Fsp3) is 0.130. The van der Waals surface area contributed by atoms with Crippen molar-refractivity contribution >= 4 is 28.1 Å². The van der Waals surface area contributed by atoms with Crippen LogP contribution in [0.5, 0.6) is 17.2 Å². The Morgan fingerprint density at radius 2 is 1.70 bits per heavy atom. The largest absolute Gasteiger partial charge is 0.507 e. The van der Waals surface area contributed by atoms with Gasteiger partial charge in [0.2, 0.25) is 0 Å². The van der Waals surface area contributed by atoms with Gasteiger partial charge in [-0.3, -0.25) is 4.79 Å². The first-order valence-electron chi connectivity index (χ1n) is 9.31. The van der Waals surface area contributed by atoms with E-state index in [4.69, 9.17) is 9.47 Å². The van der Waals surface area contributed by atoms with Crippen molar-refractivity contribution in [2.75, 3.05) is 6.61 Å². The van der Waals surface area contributed by atoms with Crippen LogP contribution in [0.3, 0.4) is 0 Å². The lowest BCUT2D eigenvalue weighted by atomic mass is 10.1. The fourth-order valence-corrected chi connectivity index (χ4v) is 2.95. The molecule has 0 bridgehead atoms. The average molecular weight is 469 g/mol. The topological polar surface area (TPSA) is 80.2 Å². The lowest BCUT2D eigenvalue weighted by Gasteiger charge is -2.08. The molecule has 154 valence electrons. The molecule has 0 aromatic heterocycles. The lowest BCUT2D eigenvalue weighted by molar-refractivity contribution is 0.0955. The Morgan fingerprint density at radius 1 is 1.03 bits per heavy atom. The number of nitrogens with one attached hydrogen (secondary N) is 1. The summed E-state index contributed by atoms with van der Waals surface area (Å²) in [5, 5.41) is 13.7. The summed E-state index contributed by atoms with van der Waals surface area (Å²) in [5.74, 6) is 1.27. The van der Waals surface area contributed by atoms with Crippen LogP contribution >= 0.6 is 15.9 Å². The third-order valence-corrected chi connectivity index (χ3v) is 4.61. The van der Waals surface area contributed by atoms with E-state index in [1.807, 2.05) is 43.3 Å². The Labute approximate surface area is 183 Å². The minimum absolute atomic E-state index is 0.0769. The molecule has 3 aromatic rings. The average Bonchev–Trinajstić information content (AvgIpc) is 2.76. The first-order chi connectivity index (χ1) is 14.5. The van der Waals surface area contributed by atoms with E-state index in [9.17, 15) is 9.90 Å². The molecule has 3 rings (SSSR count). The number of benzene rings is 3. The number of hydrazone groups is 1. The Morgan fingerprint density at radius 3 is 2.37 bits per heavy atom. The Hall–Kier alpha value is -3.32. The normalized spacial score (nSPS) is 10.7. The van der Waals surface area contributed by atoms with E-state index in [-0.39, 0.29) is 11.7 Å². The van der Waals surface area contributed by atoms with E-state index in [0.29, 0.717) is 24.3 Å². The van der Waals surface area contributed by atoms with Gasteiger partial charge in [0.1, 0.15) is 23.9 Å². The van der Waals surface area contributed by atoms with Crippen LogP contribution < -0.4 is 14.9 Å². The van der Waals surface area contributed by atoms with Gasteiger partial charge in [-0.25, -0.2) is 5.43 Å². The van der Waals surface area contributed by atoms with Gasteiger partial charge in [-0.1, -0.05) is 28.1 Å². The SMILES string of the molecule is CCOc1ccc(OCc2ccc(C(=O)N/N=C/c3cc(Br)ccc3O)cc2)cc1. The summed E-state index contributed by atoms with van der Waals surface area (Å²) < 4.78 is 12.0. The van der Waals surface area contributed by atoms with E-state index < -0.39 is 0 Å². The number of amides is 1. The number of aromatic hydroxyl groups is 1. The fourth-order valence-electron chi connectivity index (χ4n) is 2.57. The number of carbonyl (C=O) groups excluding carboxylic acids is 1. The minimum Gasteiger partial charge on any atom is -0.507 e. The third kappa shape index (κ3) is 6.09. The van der Waals surface area contributed by atoms with Gasteiger partial charge in [-0.15, -0.1) is 0 Å². The zero-order valence-electron chi connectivity index (χ0n) is 16.3. The number of phenols is 1. The van der Waals surface area contributed by atoms with E-state index in [1.54, 1.807) is 30.3 Å². The van der Waals surface area contributed by atoms with Crippen LogP contribution in [-0.2, 0) is 6.61 Å². The molecule has 0 aliphatic heterocycles. The van der Waals surface area contributed by atoms with Gasteiger partial charge in [0, 0.05) is 15.6 Å². The minimum atomic E-state index is -0.347. The summed E-state index contributed by atoms with van der Waals surface area (Å²) >= 11 is 3.32. The van der Waals surface area contributed by atoms with E-state index in [2.05, 4.69) is 26.5 Å². The molecule has 6 nitrogen and oxygen atoms in total. The highest BCUT2D eigenvalue weighted by atomic mass is 79.9. The molecule has 7 heteroatoms. The molecule has 0 saturated heterocycles. The number of halogens is 1.